The van der Waals surface area contributed by atoms with E-state index >= 15 is 0 Å². The van der Waals surface area contributed by atoms with Crippen LogP contribution in [0.25, 0.3) is 6.08 Å². The number of carbonyl (C=O) groups is 2. The summed E-state index contributed by atoms with van der Waals surface area (Å²) < 4.78 is 0. The van der Waals surface area contributed by atoms with Crippen molar-refractivity contribution in [1.82, 2.24) is 15.5 Å². The first kappa shape index (κ1) is 13.0. The fourth-order valence-electron chi connectivity index (χ4n) is 1.36. The van der Waals surface area contributed by atoms with Crippen molar-refractivity contribution >= 4 is 29.3 Å². The number of aromatic amines is 1. The topological polar surface area (TPSA) is 95.1 Å². The summed E-state index contributed by atoms with van der Waals surface area (Å²) in [5.74, 6) is -1.21. The number of hydrogen-bond acceptors (Lipinski definition) is 4. The fourth-order valence-corrected chi connectivity index (χ4v) is 2.19. The Balaban J connectivity index is 1.94. The van der Waals surface area contributed by atoms with Crippen molar-refractivity contribution in [2.24, 2.45) is 0 Å². The van der Waals surface area contributed by atoms with Gasteiger partial charge in [0, 0.05) is 29.3 Å². The van der Waals surface area contributed by atoms with Gasteiger partial charge in [0.1, 0.15) is 0 Å². The Kier molecular flexibility index (Phi) is 4.09. The van der Waals surface area contributed by atoms with Gasteiger partial charge >= 0.3 is 5.97 Å². The quantitative estimate of drug-likeness (QED) is 0.722. The lowest BCUT2D eigenvalue weighted by Gasteiger charge is -2.00. The van der Waals surface area contributed by atoms with Crippen LogP contribution in [0, 0.1) is 0 Å². The Morgan fingerprint density at radius 2 is 2.32 bits per heavy atom. The van der Waals surface area contributed by atoms with Gasteiger partial charge in [-0.15, -0.1) is 11.3 Å². The molecule has 1 amide bonds. The Bertz CT molecular complexity index is 602. The van der Waals surface area contributed by atoms with Gasteiger partial charge < -0.3 is 10.4 Å². The van der Waals surface area contributed by atoms with Crippen LogP contribution in [-0.4, -0.2) is 27.2 Å². The minimum atomic E-state index is -1.01. The van der Waals surface area contributed by atoms with Gasteiger partial charge in [-0.25, -0.2) is 4.79 Å². The maximum Gasteiger partial charge on any atom is 0.328 e. The second kappa shape index (κ2) is 5.96. The molecule has 0 aliphatic heterocycles. The number of aromatic nitrogens is 2. The van der Waals surface area contributed by atoms with Crippen molar-refractivity contribution in [1.29, 1.82) is 0 Å². The molecule has 0 unspecified atom stereocenters. The molecule has 2 aromatic rings. The molecule has 0 spiro atoms. The second-order valence-electron chi connectivity index (χ2n) is 3.66. The lowest BCUT2D eigenvalue weighted by atomic mass is 10.3. The number of amides is 1. The number of carbonyl (C=O) groups excluding carboxylic acids is 1. The third-order valence-corrected chi connectivity index (χ3v) is 3.30. The van der Waals surface area contributed by atoms with Crippen molar-refractivity contribution in [2.75, 3.05) is 0 Å². The molecule has 0 aliphatic carbocycles. The summed E-state index contributed by atoms with van der Waals surface area (Å²) in [6.07, 6.45) is 5.84. The van der Waals surface area contributed by atoms with Gasteiger partial charge in [0.25, 0.3) is 5.91 Å². The van der Waals surface area contributed by atoms with E-state index in [-0.39, 0.29) is 5.91 Å². The zero-order chi connectivity index (χ0) is 13.7. The lowest BCUT2D eigenvalue weighted by Crippen LogP contribution is -2.21. The molecule has 0 aliphatic rings. The summed E-state index contributed by atoms with van der Waals surface area (Å²) >= 11 is 1.23. The molecule has 98 valence electrons. The minimum absolute atomic E-state index is 0.193. The first-order valence-corrected chi connectivity index (χ1v) is 6.23. The van der Waals surface area contributed by atoms with Crippen LogP contribution in [-0.2, 0) is 11.3 Å². The van der Waals surface area contributed by atoms with Crippen LogP contribution in [0.5, 0.6) is 0 Å². The average molecular weight is 277 g/mol. The number of H-pyrrole nitrogens is 1. The van der Waals surface area contributed by atoms with E-state index in [1.807, 2.05) is 0 Å². The molecular weight excluding hydrogens is 266 g/mol. The first-order valence-electron chi connectivity index (χ1n) is 5.42. The molecule has 2 heterocycles. The van der Waals surface area contributed by atoms with Gasteiger partial charge in [0.05, 0.1) is 11.1 Å². The van der Waals surface area contributed by atoms with Crippen LogP contribution in [0.1, 0.15) is 20.1 Å². The van der Waals surface area contributed by atoms with Gasteiger partial charge in [-0.2, -0.15) is 5.10 Å². The normalized spacial score (nSPS) is 10.7. The highest BCUT2D eigenvalue weighted by Gasteiger charge is 2.08. The number of rotatable bonds is 5. The summed E-state index contributed by atoms with van der Waals surface area (Å²) in [6, 6.07) is 3.37. The Labute approximate surface area is 112 Å². The number of nitrogens with zero attached hydrogens (tertiary/aromatic N) is 1. The number of carboxylic acid groups (broad SMARTS) is 1. The van der Waals surface area contributed by atoms with Crippen molar-refractivity contribution in [3.05, 3.63) is 45.9 Å². The van der Waals surface area contributed by atoms with E-state index in [2.05, 4.69) is 15.5 Å². The number of nitrogens with one attached hydrogen (secondary N) is 2. The molecule has 0 saturated carbocycles. The molecule has 0 fully saturated rings. The van der Waals surface area contributed by atoms with E-state index in [4.69, 9.17) is 5.11 Å². The highest BCUT2D eigenvalue weighted by atomic mass is 32.1. The number of aliphatic carboxylic acids is 1. The van der Waals surface area contributed by atoms with Crippen molar-refractivity contribution < 1.29 is 14.7 Å². The fraction of sp³-hybridized carbons (Fsp3) is 0.0833. The molecule has 0 radical (unpaired) electrons. The van der Waals surface area contributed by atoms with E-state index in [0.29, 0.717) is 11.4 Å². The predicted molar refractivity (Wildman–Crippen MR) is 70.7 cm³/mol. The van der Waals surface area contributed by atoms with Gasteiger partial charge in [-0.05, 0) is 18.2 Å². The monoisotopic (exact) mass is 277 g/mol. The predicted octanol–water partition coefficient (Wildman–Crippen LogP) is 1.50. The molecule has 6 nitrogen and oxygen atoms in total. The Hall–Kier alpha value is -2.41. The van der Waals surface area contributed by atoms with Crippen LogP contribution in [0.15, 0.2) is 30.6 Å². The molecule has 0 bridgehead atoms. The first-order chi connectivity index (χ1) is 9.15. The molecule has 0 aromatic carbocycles. The van der Waals surface area contributed by atoms with Gasteiger partial charge in [0.2, 0.25) is 0 Å². The van der Waals surface area contributed by atoms with E-state index in [1.54, 1.807) is 24.5 Å². The maximum absolute atomic E-state index is 11.8. The molecule has 0 saturated heterocycles. The van der Waals surface area contributed by atoms with Gasteiger partial charge in [0.15, 0.2) is 0 Å². The molecule has 0 atom stereocenters. The molecule has 2 aromatic heterocycles. The lowest BCUT2D eigenvalue weighted by molar-refractivity contribution is -0.131. The third kappa shape index (κ3) is 3.78. The second-order valence-corrected chi connectivity index (χ2v) is 4.78. The van der Waals surface area contributed by atoms with E-state index in [9.17, 15) is 9.59 Å². The number of thiophene rings is 1. The largest absolute Gasteiger partial charge is 0.478 e. The van der Waals surface area contributed by atoms with Crippen LogP contribution in [0.3, 0.4) is 0 Å². The average Bonchev–Trinajstić information content (AvgIpc) is 3.04. The van der Waals surface area contributed by atoms with Crippen LogP contribution >= 0.6 is 11.3 Å². The van der Waals surface area contributed by atoms with Crippen LogP contribution in [0.4, 0.5) is 0 Å². The number of hydrogen-bond donors (Lipinski definition) is 3. The molecule has 2 rings (SSSR count). The highest BCUT2D eigenvalue weighted by molar-refractivity contribution is 7.14. The van der Waals surface area contributed by atoms with Crippen molar-refractivity contribution in [3.8, 4) is 0 Å². The molecule has 7 heteroatoms. The standard InChI is InChI=1S/C12H11N3O3S/c16-11(17)4-2-9-1-3-10(19-9)12(18)13-5-8-6-14-15-7-8/h1-4,6-7H,5H2,(H,13,18)(H,14,15)(H,16,17)/b4-2+. The summed E-state index contributed by atoms with van der Waals surface area (Å²) in [7, 11) is 0. The van der Waals surface area contributed by atoms with Crippen molar-refractivity contribution in [3.63, 3.8) is 0 Å². The minimum Gasteiger partial charge on any atom is -0.478 e. The van der Waals surface area contributed by atoms with Gasteiger partial charge in [-0.3, -0.25) is 9.89 Å². The van der Waals surface area contributed by atoms with Crippen LogP contribution < -0.4 is 5.32 Å². The molecule has 19 heavy (non-hydrogen) atoms. The van der Waals surface area contributed by atoms with Crippen molar-refractivity contribution in [2.45, 2.75) is 6.54 Å². The summed E-state index contributed by atoms with van der Waals surface area (Å²) in [6.45, 7) is 0.396. The van der Waals surface area contributed by atoms with E-state index in [0.717, 1.165) is 16.5 Å². The molecular formula is C12H11N3O3S. The number of carboxylic acids is 1. The Morgan fingerprint density at radius 3 is 3.00 bits per heavy atom. The SMILES string of the molecule is O=C(O)/C=C/c1ccc(C(=O)NCc2cn[nH]c2)s1. The van der Waals surface area contributed by atoms with Crippen LogP contribution in [0.2, 0.25) is 0 Å². The summed E-state index contributed by atoms with van der Waals surface area (Å²) in [5.41, 5.74) is 0.885. The zero-order valence-electron chi connectivity index (χ0n) is 9.79. The smallest absolute Gasteiger partial charge is 0.328 e. The van der Waals surface area contributed by atoms with Gasteiger partial charge in [-0.1, -0.05) is 0 Å². The third-order valence-electron chi connectivity index (χ3n) is 2.25. The highest BCUT2D eigenvalue weighted by Crippen LogP contribution is 2.17. The Morgan fingerprint density at radius 1 is 1.47 bits per heavy atom. The maximum atomic E-state index is 11.8. The van der Waals surface area contributed by atoms with E-state index < -0.39 is 5.97 Å². The summed E-state index contributed by atoms with van der Waals surface area (Å²) in [4.78, 5) is 23.5. The van der Waals surface area contributed by atoms with E-state index in [1.165, 1.54) is 17.4 Å². The zero-order valence-corrected chi connectivity index (χ0v) is 10.6. The molecule has 3 N–H and O–H groups in total. The summed E-state index contributed by atoms with van der Waals surface area (Å²) in [5, 5.41) is 17.7.